The Morgan fingerprint density at radius 2 is 1.94 bits per heavy atom. The summed E-state index contributed by atoms with van der Waals surface area (Å²) < 4.78 is 24.9. The van der Waals surface area contributed by atoms with Gasteiger partial charge in [0.25, 0.3) is 5.91 Å². The molecule has 1 aliphatic heterocycles. The predicted octanol–water partition coefficient (Wildman–Crippen LogP) is 4.08. The average Bonchev–Trinajstić information content (AvgIpc) is 3.07. The van der Waals surface area contributed by atoms with E-state index in [4.69, 9.17) is 9.15 Å². The van der Waals surface area contributed by atoms with E-state index < -0.39 is 23.2 Å². The van der Waals surface area contributed by atoms with Crippen LogP contribution < -0.4 is 10.2 Å². The zero-order chi connectivity index (χ0) is 21.5. The molecule has 7 heteroatoms. The van der Waals surface area contributed by atoms with Gasteiger partial charge >= 0.3 is 0 Å². The first-order chi connectivity index (χ1) is 15.1. The second-order valence-corrected chi connectivity index (χ2v) is 7.28. The smallest absolute Gasteiger partial charge is 0.291 e. The van der Waals surface area contributed by atoms with Gasteiger partial charge in [-0.15, -0.1) is 0 Å². The number of amides is 1. The molecule has 0 saturated heterocycles. The SMILES string of the molecule is COc1ccc([C@@H]2c3c(oc4ccc(F)cc4c3=O)C(=O)N2Cc2cccnc2)cc1. The molecule has 1 aliphatic rings. The van der Waals surface area contributed by atoms with Crippen LogP contribution in [0, 0.1) is 5.82 Å². The molecule has 1 amide bonds. The van der Waals surface area contributed by atoms with Crippen molar-refractivity contribution in [2.75, 3.05) is 7.11 Å². The summed E-state index contributed by atoms with van der Waals surface area (Å²) in [7, 11) is 1.56. The topological polar surface area (TPSA) is 72.6 Å². The van der Waals surface area contributed by atoms with Crippen LogP contribution in [-0.4, -0.2) is 22.9 Å². The third-order valence-electron chi connectivity index (χ3n) is 5.43. The van der Waals surface area contributed by atoms with Gasteiger partial charge in [-0.1, -0.05) is 18.2 Å². The number of aromatic nitrogens is 1. The lowest BCUT2D eigenvalue weighted by Crippen LogP contribution is -2.29. The molecule has 2 aromatic heterocycles. The monoisotopic (exact) mass is 416 g/mol. The summed E-state index contributed by atoms with van der Waals surface area (Å²) in [4.78, 5) is 32.4. The highest BCUT2D eigenvalue weighted by atomic mass is 19.1. The fourth-order valence-corrected chi connectivity index (χ4v) is 3.98. The van der Waals surface area contributed by atoms with Crippen LogP contribution in [0.5, 0.6) is 5.75 Å². The van der Waals surface area contributed by atoms with Crippen LogP contribution in [-0.2, 0) is 6.54 Å². The summed E-state index contributed by atoms with van der Waals surface area (Å²) in [5.74, 6) is -0.311. The number of carbonyl (C=O) groups excluding carboxylic acids is 1. The van der Waals surface area contributed by atoms with Crippen molar-refractivity contribution in [1.82, 2.24) is 9.88 Å². The third-order valence-corrected chi connectivity index (χ3v) is 5.43. The highest BCUT2D eigenvalue weighted by molar-refractivity contribution is 5.99. The normalized spacial score (nSPS) is 15.4. The molecule has 31 heavy (non-hydrogen) atoms. The highest BCUT2D eigenvalue weighted by Crippen LogP contribution is 2.39. The number of rotatable bonds is 4. The number of hydrogen-bond donors (Lipinski definition) is 0. The van der Waals surface area contributed by atoms with Gasteiger partial charge in [-0.3, -0.25) is 14.6 Å². The molecule has 4 aromatic rings. The maximum atomic E-state index is 13.8. The Hall–Kier alpha value is -4.00. The van der Waals surface area contributed by atoms with E-state index >= 15 is 0 Å². The number of hydrogen-bond acceptors (Lipinski definition) is 5. The van der Waals surface area contributed by atoms with Crippen molar-refractivity contribution in [1.29, 1.82) is 0 Å². The molecule has 0 N–H and O–H groups in total. The van der Waals surface area contributed by atoms with E-state index in [-0.39, 0.29) is 28.8 Å². The molecule has 2 aromatic carbocycles. The fraction of sp³-hybridized carbons (Fsp3) is 0.125. The van der Waals surface area contributed by atoms with E-state index in [9.17, 15) is 14.0 Å². The first kappa shape index (κ1) is 19.0. The maximum absolute atomic E-state index is 13.8. The number of halogens is 1. The van der Waals surface area contributed by atoms with Crippen LogP contribution in [0.25, 0.3) is 11.0 Å². The van der Waals surface area contributed by atoms with Gasteiger partial charge in [-0.05, 0) is 47.5 Å². The molecule has 0 fully saturated rings. The van der Waals surface area contributed by atoms with Crippen LogP contribution in [0.4, 0.5) is 4.39 Å². The van der Waals surface area contributed by atoms with Gasteiger partial charge in [-0.25, -0.2) is 4.39 Å². The number of methoxy groups -OCH3 is 1. The van der Waals surface area contributed by atoms with Crippen molar-refractivity contribution in [2.45, 2.75) is 12.6 Å². The molecular formula is C24H17FN2O4. The Kier molecular flexibility index (Phi) is 4.51. The molecule has 0 spiro atoms. The van der Waals surface area contributed by atoms with Crippen LogP contribution >= 0.6 is 0 Å². The van der Waals surface area contributed by atoms with E-state index in [1.54, 1.807) is 54.7 Å². The number of pyridine rings is 1. The van der Waals surface area contributed by atoms with Gasteiger partial charge in [0, 0.05) is 18.9 Å². The second-order valence-electron chi connectivity index (χ2n) is 7.28. The minimum atomic E-state index is -0.683. The summed E-state index contributed by atoms with van der Waals surface area (Å²) in [6, 6.07) is 13.8. The Labute approximate surface area is 176 Å². The molecule has 3 heterocycles. The Morgan fingerprint density at radius 1 is 1.13 bits per heavy atom. The summed E-state index contributed by atoms with van der Waals surface area (Å²) in [5.41, 5.74) is 1.50. The minimum Gasteiger partial charge on any atom is -0.497 e. The molecule has 1 atom stereocenters. The summed E-state index contributed by atoms with van der Waals surface area (Å²) in [5, 5.41) is 0.105. The Balaban J connectivity index is 1.72. The lowest BCUT2D eigenvalue weighted by molar-refractivity contribution is 0.0714. The summed E-state index contributed by atoms with van der Waals surface area (Å²) >= 11 is 0. The van der Waals surface area contributed by atoms with E-state index in [1.165, 1.54) is 12.1 Å². The number of nitrogens with zero attached hydrogens (tertiary/aromatic N) is 2. The predicted molar refractivity (Wildman–Crippen MR) is 111 cm³/mol. The molecule has 0 aliphatic carbocycles. The van der Waals surface area contributed by atoms with Gasteiger partial charge in [-0.2, -0.15) is 0 Å². The van der Waals surface area contributed by atoms with E-state index in [1.807, 2.05) is 6.07 Å². The van der Waals surface area contributed by atoms with Gasteiger partial charge < -0.3 is 14.1 Å². The molecule has 154 valence electrons. The standard InChI is InChI=1S/C24H17FN2O4/c1-30-17-7-4-15(5-8-17)21-20-22(28)18-11-16(25)6-9-19(18)31-23(20)24(29)27(21)13-14-3-2-10-26-12-14/h2-12,21H,13H2,1H3/t21-/m1/s1. The van der Waals surface area contributed by atoms with Crippen LogP contribution in [0.1, 0.15) is 33.3 Å². The van der Waals surface area contributed by atoms with Crippen molar-refractivity contribution in [3.8, 4) is 5.75 Å². The summed E-state index contributed by atoms with van der Waals surface area (Å²) in [6.07, 6.45) is 3.32. The first-order valence-electron chi connectivity index (χ1n) is 9.67. The second kappa shape index (κ2) is 7.36. The first-order valence-corrected chi connectivity index (χ1v) is 9.67. The van der Waals surface area contributed by atoms with Gasteiger partial charge in [0.1, 0.15) is 17.1 Å². The van der Waals surface area contributed by atoms with Crippen LogP contribution in [0.3, 0.4) is 0 Å². The Bertz CT molecular complexity index is 1350. The molecule has 0 bridgehead atoms. The minimum absolute atomic E-state index is 0.0196. The zero-order valence-electron chi connectivity index (χ0n) is 16.5. The molecule has 0 radical (unpaired) electrons. The number of carbonyl (C=O) groups is 1. The van der Waals surface area contributed by atoms with Gasteiger partial charge in [0.05, 0.1) is 24.1 Å². The average molecular weight is 416 g/mol. The summed E-state index contributed by atoms with van der Waals surface area (Å²) in [6.45, 7) is 0.234. The van der Waals surface area contributed by atoms with Crippen molar-refractivity contribution < 1.29 is 18.3 Å². The Morgan fingerprint density at radius 3 is 2.65 bits per heavy atom. The fourth-order valence-electron chi connectivity index (χ4n) is 3.98. The number of benzene rings is 2. The largest absolute Gasteiger partial charge is 0.497 e. The van der Waals surface area contributed by atoms with E-state index in [0.29, 0.717) is 5.75 Å². The zero-order valence-corrected chi connectivity index (χ0v) is 16.5. The molecule has 6 nitrogen and oxygen atoms in total. The maximum Gasteiger partial charge on any atom is 0.291 e. The number of ether oxygens (including phenoxy) is 1. The molecule has 0 unspecified atom stereocenters. The lowest BCUT2D eigenvalue weighted by atomic mass is 9.98. The van der Waals surface area contributed by atoms with Crippen LogP contribution in [0.2, 0.25) is 0 Å². The van der Waals surface area contributed by atoms with E-state index in [0.717, 1.165) is 17.2 Å². The number of fused-ring (bicyclic) bond motifs is 2. The quantitative estimate of drug-likeness (QED) is 0.501. The highest BCUT2D eigenvalue weighted by Gasteiger charge is 2.42. The van der Waals surface area contributed by atoms with Gasteiger partial charge in [0.2, 0.25) is 5.76 Å². The van der Waals surface area contributed by atoms with Crippen molar-refractivity contribution in [3.63, 3.8) is 0 Å². The lowest BCUT2D eigenvalue weighted by Gasteiger charge is -2.25. The molecular weight excluding hydrogens is 399 g/mol. The van der Waals surface area contributed by atoms with Crippen molar-refractivity contribution >= 4 is 16.9 Å². The van der Waals surface area contributed by atoms with E-state index in [2.05, 4.69) is 4.98 Å². The van der Waals surface area contributed by atoms with Gasteiger partial charge in [0.15, 0.2) is 5.43 Å². The molecule has 0 saturated carbocycles. The van der Waals surface area contributed by atoms with Crippen molar-refractivity contribution in [3.05, 3.63) is 105 Å². The van der Waals surface area contributed by atoms with Crippen molar-refractivity contribution in [2.24, 2.45) is 0 Å². The molecule has 5 rings (SSSR count). The van der Waals surface area contributed by atoms with Crippen LogP contribution in [0.15, 0.2) is 76.2 Å². The third kappa shape index (κ3) is 3.15.